The molecule has 4 aliphatic rings. The van der Waals surface area contributed by atoms with E-state index in [1.54, 1.807) is 0 Å². The highest BCUT2D eigenvalue weighted by Crippen LogP contribution is 2.33. The fraction of sp³-hybridized carbons (Fsp3) is 0.714. The van der Waals surface area contributed by atoms with Crippen molar-refractivity contribution < 1.29 is 18.9 Å². The summed E-state index contributed by atoms with van der Waals surface area (Å²) >= 11 is 0. The minimum atomic E-state index is 0.505. The second-order valence-corrected chi connectivity index (χ2v) is 15.5. The summed E-state index contributed by atoms with van der Waals surface area (Å²) in [7, 11) is 0. The summed E-state index contributed by atoms with van der Waals surface area (Å²) in [5.74, 6) is 4.58. The zero-order valence-electron chi connectivity index (χ0n) is 31.4. The summed E-state index contributed by atoms with van der Waals surface area (Å²) in [6.45, 7) is 21.1. The normalized spacial score (nSPS) is 20.4. The first-order chi connectivity index (χ1) is 24.6. The highest BCUT2D eigenvalue weighted by molar-refractivity contribution is 5.44. The smallest absolute Gasteiger partial charge is 0.161 e. The maximum absolute atomic E-state index is 6.43. The molecule has 0 unspecified atom stereocenters. The molecule has 2 atom stereocenters. The lowest BCUT2D eigenvalue weighted by molar-refractivity contribution is 0.209. The lowest BCUT2D eigenvalue weighted by Gasteiger charge is -2.23. The van der Waals surface area contributed by atoms with Gasteiger partial charge in [-0.3, -0.25) is 19.6 Å². The van der Waals surface area contributed by atoms with Gasteiger partial charge in [0.2, 0.25) is 0 Å². The molecule has 4 heterocycles. The van der Waals surface area contributed by atoms with Crippen LogP contribution in [-0.4, -0.2) is 125 Å². The third-order valence-electron chi connectivity index (χ3n) is 11.6. The molecule has 4 saturated heterocycles. The predicted molar refractivity (Wildman–Crippen MR) is 203 cm³/mol. The van der Waals surface area contributed by atoms with E-state index >= 15 is 0 Å². The van der Waals surface area contributed by atoms with Crippen molar-refractivity contribution in [2.75, 3.05) is 105 Å². The van der Waals surface area contributed by atoms with Gasteiger partial charge in [-0.2, -0.15) is 0 Å². The van der Waals surface area contributed by atoms with E-state index in [1.807, 2.05) is 0 Å². The van der Waals surface area contributed by atoms with Gasteiger partial charge in [-0.25, -0.2) is 0 Å². The Hall–Kier alpha value is -2.52. The Balaban J connectivity index is 1.04. The zero-order chi connectivity index (χ0) is 34.4. The fourth-order valence-electron chi connectivity index (χ4n) is 8.13. The third-order valence-corrected chi connectivity index (χ3v) is 11.6. The highest BCUT2D eigenvalue weighted by Gasteiger charge is 2.19. The molecule has 8 heteroatoms. The van der Waals surface area contributed by atoms with Crippen molar-refractivity contribution in [3.8, 4) is 23.0 Å². The Labute approximate surface area is 303 Å². The molecular weight excluding hydrogens is 624 g/mol. The van der Waals surface area contributed by atoms with Gasteiger partial charge in [0.25, 0.3) is 0 Å². The molecular formula is C42H66N4O4. The van der Waals surface area contributed by atoms with E-state index in [0.29, 0.717) is 38.3 Å². The number of hydrogen-bond donors (Lipinski definition) is 0. The summed E-state index contributed by atoms with van der Waals surface area (Å²) in [5, 5.41) is 0. The van der Waals surface area contributed by atoms with Crippen LogP contribution >= 0.6 is 0 Å². The SMILES string of the molecule is C[C@H](Cc1ccc(OCCN2CCCC2)c(OCCN2CCCC2)c1)[C@@H](C)Cc1ccc(OCCN2CCCC2)c(OCCN2CCCC2)c1. The second-order valence-electron chi connectivity index (χ2n) is 15.5. The van der Waals surface area contributed by atoms with E-state index in [9.17, 15) is 0 Å². The molecule has 2 aromatic rings. The Morgan fingerprint density at radius 2 is 0.700 bits per heavy atom. The molecule has 4 aliphatic heterocycles. The van der Waals surface area contributed by atoms with Crippen LogP contribution in [0, 0.1) is 11.8 Å². The molecule has 0 amide bonds. The fourth-order valence-corrected chi connectivity index (χ4v) is 8.13. The van der Waals surface area contributed by atoms with Crippen molar-refractivity contribution in [3.63, 3.8) is 0 Å². The van der Waals surface area contributed by atoms with Gasteiger partial charge in [-0.15, -0.1) is 0 Å². The van der Waals surface area contributed by atoms with Crippen molar-refractivity contribution in [1.29, 1.82) is 0 Å². The summed E-state index contributed by atoms with van der Waals surface area (Å²) < 4.78 is 25.5. The van der Waals surface area contributed by atoms with Gasteiger partial charge in [-0.05, 0) is 164 Å². The van der Waals surface area contributed by atoms with Crippen LogP contribution in [0.15, 0.2) is 36.4 Å². The van der Waals surface area contributed by atoms with Gasteiger partial charge in [0, 0.05) is 26.2 Å². The molecule has 50 heavy (non-hydrogen) atoms. The molecule has 2 aromatic carbocycles. The summed E-state index contributed by atoms with van der Waals surface area (Å²) in [6.07, 6.45) is 12.5. The number of benzene rings is 2. The van der Waals surface area contributed by atoms with Crippen LogP contribution in [0.3, 0.4) is 0 Å². The minimum Gasteiger partial charge on any atom is -0.488 e. The lowest BCUT2D eigenvalue weighted by Crippen LogP contribution is -2.26. The van der Waals surface area contributed by atoms with Crippen LogP contribution in [0.5, 0.6) is 23.0 Å². The number of rotatable bonds is 21. The lowest BCUT2D eigenvalue weighted by atomic mass is 9.85. The van der Waals surface area contributed by atoms with E-state index in [-0.39, 0.29) is 0 Å². The monoisotopic (exact) mass is 691 g/mol. The Morgan fingerprint density at radius 3 is 1.00 bits per heavy atom. The quantitative estimate of drug-likeness (QED) is 0.145. The average molecular weight is 691 g/mol. The molecule has 8 nitrogen and oxygen atoms in total. The van der Waals surface area contributed by atoms with Crippen LogP contribution in [0.2, 0.25) is 0 Å². The Bertz CT molecular complexity index is 1170. The molecule has 0 radical (unpaired) electrons. The number of ether oxygens (including phenoxy) is 4. The summed E-state index contributed by atoms with van der Waals surface area (Å²) in [6, 6.07) is 13.3. The van der Waals surface area contributed by atoms with Crippen LogP contribution in [0.1, 0.15) is 76.3 Å². The molecule has 0 spiro atoms. The maximum atomic E-state index is 6.43. The van der Waals surface area contributed by atoms with E-state index in [0.717, 1.165) is 62.0 Å². The predicted octanol–water partition coefficient (Wildman–Crippen LogP) is 6.64. The summed E-state index contributed by atoms with van der Waals surface area (Å²) in [4.78, 5) is 10.0. The summed E-state index contributed by atoms with van der Waals surface area (Å²) in [5.41, 5.74) is 2.64. The van der Waals surface area contributed by atoms with Gasteiger partial charge in [0.1, 0.15) is 26.4 Å². The molecule has 0 saturated carbocycles. The number of likely N-dealkylation sites (tertiary alicyclic amines) is 4. The van der Waals surface area contributed by atoms with Gasteiger partial charge in [0.15, 0.2) is 23.0 Å². The molecule has 278 valence electrons. The van der Waals surface area contributed by atoms with Crippen LogP contribution in [-0.2, 0) is 12.8 Å². The van der Waals surface area contributed by atoms with Crippen molar-refractivity contribution >= 4 is 0 Å². The third kappa shape index (κ3) is 11.8. The van der Waals surface area contributed by atoms with Gasteiger partial charge < -0.3 is 18.9 Å². The van der Waals surface area contributed by atoms with E-state index < -0.39 is 0 Å². The Morgan fingerprint density at radius 1 is 0.420 bits per heavy atom. The molecule has 4 fully saturated rings. The minimum absolute atomic E-state index is 0.505. The standard InChI is InChI=1S/C42H66N4O4/c1-35(31-37-11-13-39(47-27-23-43-15-3-4-16-43)41(33-37)49-29-25-45-19-7-8-20-45)36(2)32-38-12-14-40(48-28-24-44-17-5-6-18-44)42(34-38)50-30-26-46-21-9-10-22-46/h11-14,33-36H,3-10,15-32H2,1-2H3/t35-,36+. The van der Waals surface area contributed by atoms with Crippen molar-refractivity contribution in [1.82, 2.24) is 19.6 Å². The molecule has 0 bridgehead atoms. The highest BCUT2D eigenvalue weighted by atomic mass is 16.5. The van der Waals surface area contributed by atoms with Crippen molar-refractivity contribution in [3.05, 3.63) is 47.5 Å². The first kappa shape index (κ1) is 37.2. The van der Waals surface area contributed by atoms with Crippen LogP contribution < -0.4 is 18.9 Å². The Kier molecular flexibility index (Phi) is 14.8. The van der Waals surface area contributed by atoms with E-state index in [4.69, 9.17) is 18.9 Å². The molecule has 0 N–H and O–H groups in total. The zero-order valence-corrected chi connectivity index (χ0v) is 31.4. The topological polar surface area (TPSA) is 49.9 Å². The molecule has 6 rings (SSSR count). The van der Waals surface area contributed by atoms with Gasteiger partial charge in [-0.1, -0.05) is 26.0 Å². The number of hydrogen-bond acceptors (Lipinski definition) is 8. The average Bonchev–Trinajstić information content (AvgIpc) is 3.96. The first-order valence-corrected chi connectivity index (χ1v) is 20.3. The van der Waals surface area contributed by atoms with Gasteiger partial charge in [0.05, 0.1) is 0 Å². The molecule has 0 aromatic heterocycles. The van der Waals surface area contributed by atoms with E-state index in [2.05, 4.69) is 69.8 Å². The van der Waals surface area contributed by atoms with Crippen LogP contribution in [0.4, 0.5) is 0 Å². The van der Waals surface area contributed by atoms with Crippen molar-refractivity contribution in [2.45, 2.75) is 78.1 Å². The molecule has 0 aliphatic carbocycles. The largest absolute Gasteiger partial charge is 0.488 e. The maximum Gasteiger partial charge on any atom is 0.161 e. The first-order valence-electron chi connectivity index (χ1n) is 20.3. The van der Waals surface area contributed by atoms with Crippen LogP contribution in [0.25, 0.3) is 0 Å². The van der Waals surface area contributed by atoms with Crippen molar-refractivity contribution in [2.24, 2.45) is 11.8 Å². The second kappa shape index (κ2) is 19.9. The number of nitrogens with zero attached hydrogens (tertiary/aromatic N) is 4. The van der Waals surface area contributed by atoms with Gasteiger partial charge >= 0.3 is 0 Å². The van der Waals surface area contributed by atoms with E-state index in [1.165, 1.54) is 115 Å².